The Morgan fingerprint density at radius 1 is 1.08 bits per heavy atom. The van der Waals surface area contributed by atoms with E-state index in [1.807, 2.05) is 36.4 Å². The average Bonchev–Trinajstić information content (AvgIpc) is 2.98. The summed E-state index contributed by atoms with van der Waals surface area (Å²) in [5.41, 5.74) is 10.0. The van der Waals surface area contributed by atoms with Gasteiger partial charge in [0.15, 0.2) is 0 Å². The van der Waals surface area contributed by atoms with Gasteiger partial charge in [0.05, 0.1) is 7.11 Å². The number of hydrogen-bond acceptors (Lipinski definition) is 5. The molecule has 0 bridgehead atoms. The first-order valence-electron chi connectivity index (χ1n) is 8.05. The van der Waals surface area contributed by atoms with Crippen LogP contribution in [0.5, 0.6) is 0 Å². The molecule has 2 aromatic rings. The zero-order valence-corrected chi connectivity index (χ0v) is 15.1. The van der Waals surface area contributed by atoms with Crippen LogP contribution in [0.3, 0.4) is 0 Å². The number of amides is 1. The molecule has 138 valence electrons. The molecular weight excluding hydrogens is 356 g/mol. The fraction of sp³-hybridized carbons (Fsp3) is 0.263. The zero-order valence-electron chi connectivity index (χ0n) is 14.3. The Morgan fingerprint density at radius 3 is 2.12 bits per heavy atom. The van der Waals surface area contributed by atoms with Crippen LogP contribution in [0.25, 0.3) is 11.1 Å². The van der Waals surface area contributed by atoms with Gasteiger partial charge < -0.3 is 20.5 Å². The molecule has 0 unspecified atom stereocenters. The van der Waals surface area contributed by atoms with Crippen molar-refractivity contribution in [3.8, 4) is 11.1 Å². The lowest BCUT2D eigenvalue weighted by Crippen LogP contribution is -2.46. The molecule has 0 saturated heterocycles. The molecule has 3 rings (SSSR count). The number of carbonyl (C=O) groups is 2. The predicted molar refractivity (Wildman–Crippen MR) is 100 cm³/mol. The number of ether oxygens (including phenoxy) is 2. The molecule has 1 amide bonds. The Bertz CT molecular complexity index is 751. The van der Waals surface area contributed by atoms with Crippen molar-refractivity contribution >= 4 is 24.5 Å². The number of esters is 1. The summed E-state index contributed by atoms with van der Waals surface area (Å²) in [7, 11) is 1.24. The highest BCUT2D eigenvalue weighted by Gasteiger charge is 2.29. The molecule has 6 nitrogen and oxygen atoms in total. The van der Waals surface area contributed by atoms with Crippen molar-refractivity contribution in [1.82, 2.24) is 5.32 Å². The topological polar surface area (TPSA) is 90.6 Å². The Labute approximate surface area is 158 Å². The number of hydrogen-bond donors (Lipinski definition) is 2. The third-order valence-corrected chi connectivity index (χ3v) is 4.36. The first-order chi connectivity index (χ1) is 12.2. The second-order valence-corrected chi connectivity index (χ2v) is 5.78. The van der Waals surface area contributed by atoms with E-state index >= 15 is 0 Å². The number of alkyl carbamates (subject to hydrolysis) is 1. The van der Waals surface area contributed by atoms with E-state index in [1.54, 1.807) is 0 Å². The van der Waals surface area contributed by atoms with E-state index in [-0.39, 0.29) is 31.5 Å². The summed E-state index contributed by atoms with van der Waals surface area (Å²) >= 11 is 0. The van der Waals surface area contributed by atoms with Crippen LogP contribution in [0.4, 0.5) is 4.79 Å². The maximum absolute atomic E-state index is 12.0. The summed E-state index contributed by atoms with van der Waals surface area (Å²) in [6, 6.07) is 15.2. The van der Waals surface area contributed by atoms with Crippen molar-refractivity contribution in [3.05, 3.63) is 59.7 Å². The van der Waals surface area contributed by atoms with Crippen LogP contribution in [0.2, 0.25) is 0 Å². The van der Waals surface area contributed by atoms with Gasteiger partial charge in [0, 0.05) is 12.5 Å². The van der Waals surface area contributed by atoms with Crippen LogP contribution in [0, 0.1) is 0 Å². The van der Waals surface area contributed by atoms with Gasteiger partial charge in [0.25, 0.3) is 0 Å². The van der Waals surface area contributed by atoms with Gasteiger partial charge in [-0.1, -0.05) is 48.5 Å². The molecule has 0 heterocycles. The van der Waals surface area contributed by atoms with Crippen LogP contribution < -0.4 is 11.1 Å². The molecule has 7 heteroatoms. The monoisotopic (exact) mass is 376 g/mol. The van der Waals surface area contributed by atoms with Gasteiger partial charge in [-0.3, -0.25) is 0 Å². The Morgan fingerprint density at radius 2 is 1.62 bits per heavy atom. The van der Waals surface area contributed by atoms with Gasteiger partial charge in [-0.05, 0) is 22.3 Å². The lowest BCUT2D eigenvalue weighted by Gasteiger charge is -2.17. The molecule has 26 heavy (non-hydrogen) atoms. The summed E-state index contributed by atoms with van der Waals surface area (Å²) in [5.74, 6) is -0.636. The van der Waals surface area contributed by atoms with E-state index in [0.717, 1.165) is 22.3 Å². The van der Waals surface area contributed by atoms with Crippen LogP contribution >= 0.6 is 12.4 Å². The number of rotatable bonds is 5. The molecule has 0 aromatic heterocycles. The molecule has 3 N–H and O–H groups in total. The van der Waals surface area contributed by atoms with Crippen molar-refractivity contribution in [3.63, 3.8) is 0 Å². The quantitative estimate of drug-likeness (QED) is 0.782. The van der Waals surface area contributed by atoms with Crippen LogP contribution in [0.15, 0.2) is 48.5 Å². The standard InChI is InChI=1S/C19H20N2O4.ClH/c1-24-18(22)17(10-20)21-19(23)25-11-16-14-8-4-2-6-12(14)13-7-3-5-9-15(13)16;/h2-9,16-17H,10-11,20H2,1H3,(H,21,23);1H/t17-;/m0./s1. The molecule has 0 saturated carbocycles. The molecule has 2 aromatic carbocycles. The molecule has 1 aliphatic rings. The summed E-state index contributed by atoms with van der Waals surface area (Å²) in [6.45, 7) is 0.120. The van der Waals surface area contributed by atoms with E-state index < -0.39 is 18.1 Å². The highest BCUT2D eigenvalue weighted by Crippen LogP contribution is 2.44. The molecule has 0 fully saturated rings. The average molecular weight is 377 g/mol. The predicted octanol–water partition coefficient (Wildman–Crippen LogP) is 2.45. The van der Waals surface area contributed by atoms with Gasteiger partial charge >= 0.3 is 12.1 Å². The van der Waals surface area contributed by atoms with E-state index in [9.17, 15) is 9.59 Å². The normalized spacial score (nSPS) is 13.0. The number of methoxy groups -OCH3 is 1. The van der Waals surface area contributed by atoms with Gasteiger partial charge in [-0.25, -0.2) is 9.59 Å². The fourth-order valence-corrected chi connectivity index (χ4v) is 3.14. The van der Waals surface area contributed by atoms with Crippen molar-refractivity contribution in [1.29, 1.82) is 0 Å². The lowest BCUT2D eigenvalue weighted by atomic mass is 9.98. The molecule has 0 radical (unpaired) electrons. The zero-order chi connectivity index (χ0) is 17.8. The van der Waals surface area contributed by atoms with E-state index in [4.69, 9.17) is 10.5 Å². The van der Waals surface area contributed by atoms with Crippen molar-refractivity contribution in [2.75, 3.05) is 20.3 Å². The van der Waals surface area contributed by atoms with Gasteiger partial charge in [0.2, 0.25) is 0 Å². The minimum Gasteiger partial charge on any atom is -0.467 e. The SMILES string of the molecule is COC(=O)[C@H](CN)NC(=O)OCC1c2ccccc2-c2ccccc21.Cl. The van der Waals surface area contributed by atoms with Crippen LogP contribution in [0.1, 0.15) is 17.0 Å². The van der Waals surface area contributed by atoms with Crippen LogP contribution in [-0.4, -0.2) is 38.4 Å². The van der Waals surface area contributed by atoms with Gasteiger partial charge in [0.1, 0.15) is 12.6 Å². The summed E-state index contributed by atoms with van der Waals surface area (Å²) in [4.78, 5) is 23.5. The first kappa shape index (κ1) is 19.8. The van der Waals surface area contributed by atoms with Gasteiger partial charge in [-0.2, -0.15) is 0 Å². The van der Waals surface area contributed by atoms with E-state index in [1.165, 1.54) is 7.11 Å². The second-order valence-electron chi connectivity index (χ2n) is 5.78. The molecule has 1 atom stereocenters. The minimum atomic E-state index is -0.916. The number of fused-ring (bicyclic) bond motifs is 3. The third-order valence-electron chi connectivity index (χ3n) is 4.36. The Balaban J connectivity index is 0.00000243. The molecular formula is C19H21ClN2O4. The summed E-state index contributed by atoms with van der Waals surface area (Å²) in [6.07, 6.45) is -0.692. The van der Waals surface area contributed by atoms with Crippen molar-refractivity contribution in [2.45, 2.75) is 12.0 Å². The highest BCUT2D eigenvalue weighted by molar-refractivity contribution is 5.85. The minimum absolute atomic E-state index is 0. The smallest absolute Gasteiger partial charge is 0.407 e. The van der Waals surface area contributed by atoms with Crippen LogP contribution in [-0.2, 0) is 14.3 Å². The Kier molecular flexibility index (Phi) is 6.60. The number of benzene rings is 2. The molecule has 1 aliphatic carbocycles. The van der Waals surface area contributed by atoms with Crippen molar-refractivity contribution in [2.24, 2.45) is 5.73 Å². The molecule has 0 spiro atoms. The summed E-state index contributed by atoms with van der Waals surface area (Å²) in [5, 5.41) is 2.43. The largest absolute Gasteiger partial charge is 0.467 e. The number of carbonyl (C=O) groups excluding carboxylic acids is 2. The van der Waals surface area contributed by atoms with Crippen molar-refractivity contribution < 1.29 is 19.1 Å². The highest BCUT2D eigenvalue weighted by atomic mass is 35.5. The van der Waals surface area contributed by atoms with E-state index in [2.05, 4.69) is 22.2 Å². The lowest BCUT2D eigenvalue weighted by molar-refractivity contribution is -0.142. The fourth-order valence-electron chi connectivity index (χ4n) is 3.14. The maximum Gasteiger partial charge on any atom is 0.407 e. The number of halogens is 1. The first-order valence-corrected chi connectivity index (χ1v) is 8.05. The van der Waals surface area contributed by atoms with E-state index in [0.29, 0.717) is 0 Å². The number of nitrogens with two attached hydrogens (primary N) is 1. The summed E-state index contributed by atoms with van der Waals surface area (Å²) < 4.78 is 9.94. The van der Waals surface area contributed by atoms with Gasteiger partial charge in [-0.15, -0.1) is 12.4 Å². The number of nitrogens with one attached hydrogen (secondary N) is 1. The third kappa shape index (κ3) is 3.81. The Hall–Kier alpha value is -2.57. The maximum atomic E-state index is 12.0. The molecule has 0 aliphatic heterocycles. The second kappa shape index (κ2) is 8.69.